The molecule has 0 bridgehead atoms. The van der Waals surface area contributed by atoms with Crippen LogP contribution >= 0.6 is 11.6 Å². The smallest absolute Gasteiger partial charge is 0.280 e. The molecule has 0 aliphatic rings. The number of ether oxygens (including phenoxy) is 1. The Morgan fingerprint density at radius 2 is 2.08 bits per heavy atom. The molecule has 2 aromatic carbocycles. The summed E-state index contributed by atoms with van der Waals surface area (Å²) >= 11 is 5.98. The summed E-state index contributed by atoms with van der Waals surface area (Å²) in [5.41, 5.74) is 8.70. The molecule has 3 rings (SSSR count). The number of nitrogens with two attached hydrogens (primary N) is 1. The summed E-state index contributed by atoms with van der Waals surface area (Å²) in [4.78, 5) is 12.5. The summed E-state index contributed by atoms with van der Waals surface area (Å²) < 4.78 is 6.71. The number of halogens is 1. The lowest BCUT2D eigenvalue weighted by atomic mass is 10.1. The van der Waals surface area contributed by atoms with Crippen molar-refractivity contribution < 1.29 is 9.53 Å². The Morgan fingerprint density at radius 3 is 2.81 bits per heavy atom. The van der Waals surface area contributed by atoms with Crippen molar-refractivity contribution in [1.29, 1.82) is 0 Å². The maximum absolute atomic E-state index is 12.5. The quantitative estimate of drug-likeness (QED) is 0.718. The van der Waals surface area contributed by atoms with Crippen molar-refractivity contribution in [2.45, 2.75) is 13.5 Å². The van der Waals surface area contributed by atoms with Crippen LogP contribution in [0.25, 0.3) is 0 Å². The Labute approximate surface area is 155 Å². The number of anilines is 2. The maximum atomic E-state index is 12.5. The van der Waals surface area contributed by atoms with Crippen molar-refractivity contribution >= 4 is 29.0 Å². The SMILES string of the molecule is COc1ccc(Cl)cc1NC(=O)c1nnn(Cc2ccccc2C)c1N. The topological polar surface area (TPSA) is 95.1 Å². The van der Waals surface area contributed by atoms with Crippen molar-refractivity contribution in [1.82, 2.24) is 15.0 Å². The van der Waals surface area contributed by atoms with Gasteiger partial charge in [-0.3, -0.25) is 4.79 Å². The molecule has 0 fully saturated rings. The highest BCUT2D eigenvalue weighted by molar-refractivity contribution is 6.31. The van der Waals surface area contributed by atoms with E-state index in [4.69, 9.17) is 22.1 Å². The van der Waals surface area contributed by atoms with E-state index in [1.807, 2.05) is 31.2 Å². The summed E-state index contributed by atoms with van der Waals surface area (Å²) in [5.74, 6) is 0.180. The van der Waals surface area contributed by atoms with Crippen LogP contribution in [0.15, 0.2) is 42.5 Å². The van der Waals surface area contributed by atoms with Gasteiger partial charge in [0.15, 0.2) is 11.5 Å². The number of nitrogen functional groups attached to an aromatic ring is 1. The van der Waals surface area contributed by atoms with Crippen LogP contribution in [-0.4, -0.2) is 28.0 Å². The molecule has 1 aromatic heterocycles. The van der Waals surface area contributed by atoms with Gasteiger partial charge in [0.05, 0.1) is 19.3 Å². The Morgan fingerprint density at radius 1 is 1.31 bits per heavy atom. The zero-order chi connectivity index (χ0) is 18.7. The van der Waals surface area contributed by atoms with Gasteiger partial charge < -0.3 is 15.8 Å². The molecule has 3 aromatic rings. The molecular formula is C18H18ClN5O2. The zero-order valence-electron chi connectivity index (χ0n) is 14.4. The molecule has 0 atom stereocenters. The first-order valence-electron chi connectivity index (χ1n) is 7.88. The van der Waals surface area contributed by atoms with Gasteiger partial charge in [0.1, 0.15) is 5.75 Å². The predicted octanol–water partition coefficient (Wildman–Crippen LogP) is 3.13. The van der Waals surface area contributed by atoms with Gasteiger partial charge in [-0.2, -0.15) is 0 Å². The molecule has 7 nitrogen and oxygen atoms in total. The van der Waals surface area contributed by atoms with Gasteiger partial charge in [0.25, 0.3) is 5.91 Å². The van der Waals surface area contributed by atoms with Crippen LogP contribution in [0.5, 0.6) is 5.75 Å². The van der Waals surface area contributed by atoms with Crippen molar-refractivity contribution in [3.63, 3.8) is 0 Å². The monoisotopic (exact) mass is 371 g/mol. The zero-order valence-corrected chi connectivity index (χ0v) is 15.1. The normalized spacial score (nSPS) is 10.6. The standard InChI is InChI=1S/C18H18ClN5O2/c1-11-5-3-4-6-12(11)10-24-17(20)16(22-23-24)18(25)21-14-9-13(19)7-8-15(14)26-2/h3-9H,10,20H2,1-2H3,(H,21,25). The second-order valence-corrected chi connectivity index (χ2v) is 6.14. The van der Waals surface area contributed by atoms with Gasteiger partial charge in [0, 0.05) is 5.02 Å². The number of methoxy groups -OCH3 is 1. The average molecular weight is 372 g/mol. The number of aryl methyl sites for hydroxylation is 1. The number of benzene rings is 2. The number of nitrogens with one attached hydrogen (secondary N) is 1. The summed E-state index contributed by atoms with van der Waals surface area (Å²) in [6.45, 7) is 2.43. The number of carbonyl (C=O) groups is 1. The fourth-order valence-corrected chi connectivity index (χ4v) is 2.68. The minimum atomic E-state index is -0.487. The number of aromatic nitrogens is 3. The molecule has 0 spiro atoms. The van der Waals surface area contributed by atoms with E-state index in [1.165, 1.54) is 11.8 Å². The van der Waals surface area contributed by atoms with Gasteiger partial charge in [-0.15, -0.1) is 5.10 Å². The molecule has 0 radical (unpaired) electrons. The van der Waals surface area contributed by atoms with E-state index in [0.717, 1.165) is 11.1 Å². The third kappa shape index (κ3) is 3.62. The molecule has 0 saturated heterocycles. The fraction of sp³-hybridized carbons (Fsp3) is 0.167. The first kappa shape index (κ1) is 17.8. The van der Waals surface area contributed by atoms with Gasteiger partial charge in [0.2, 0.25) is 0 Å². The van der Waals surface area contributed by atoms with E-state index in [9.17, 15) is 4.79 Å². The first-order valence-corrected chi connectivity index (χ1v) is 8.25. The highest BCUT2D eigenvalue weighted by Crippen LogP contribution is 2.28. The molecule has 8 heteroatoms. The van der Waals surface area contributed by atoms with E-state index in [0.29, 0.717) is 23.0 Å². The van der Waals surface area contributed by atoms with Crippen molar-refractivity contribution in [2.75, 3.05) is 18.2 Å². The number of carbonyl (C=O) groups excluding carboxylic acids is 1. The maximum Gasteiger partial charge on any atom is 0.280 e. The van der Waals surface area contributed by atoms with E-state index < -0.39 is 5.91 Å². The van der Waals surface area contributed by atoms with Crippen LogP contribution in [0.1, 0.15) is 21.6 Å². The van der Waals surface area contributed by atoms with Crippen molar-refractivity contribution in [2.24, 2.45) is 0 Å². The van der Waals surface area contributed by atoms with E-state index >= 15 is 0 Å². The van der Waals surface area contributed by atoms with E-state index in [2.05, 4.69) is 15.6 Å². The molecule has 0 saturated carbocycles. The molecule has 3 N–H and O–H groups in total. The minimum Gasteiger partial charge on any atom is -0.495 e. The van der Waals surface area contributed by atoms with Gasteiger partial charge >= 0.3 is 0 Å². The Balaban J connectivity index is 1.82. The minimum absolute atomic E-state index is 0.0422. The lowest BCUT2D eigenvalue weighted by Crippen LogP contribution is -2.16. The van der Waals surface area contributed by atoms with Crippen molar-refractivity contribution in [3.8, 4) is 5.75 Å². The third-order valence-corrected chi connectivity index (χ3v) is 4.21. The number of hydrogen-bond donors (Lipinski definition) is 2. The number of rotatable bonds is 5. The second kappa shape index (κ2) is 7.45. The predicted molar refractivity (Wildman–Crippen MR) is 101 cm³/mol. The van der Waals surface area contributed by atoms with Crippen LogP contribution in [0.3, 0.4) is 0 Å². The molecule has 26 heavy (non-hydrogen) atoms. The molecule has 1 heterocycles. The number of hydrogen-bond acceptors (Lipinski definition) is 5. The van der Waals surface area contributed by atoms with Gasteiger partial charge in [-0.05, 0) is 36.2 Å². The lowest BCUT2D eigenvalue weighted by Gasteiger charge is -2.10. The summed E-state index contributed by atoms with van der Waals surface area (Å²) in [6, 6.07) is 12.8. The third-order valence-electron chi connectivity index (χ3n) is 3.98. The van der Waals surface area contributed by atoms with Crippen LogP contribution in [0, 0.1) is 6.92 Å². The van der Waals surface area contributed by atoms with E-state index in [-0.39, 0.29) is 11.5 Å². The highest BCUT2D eigenvalue weighted by Gasteiger charge is 2.19. The largest absolute Gasteiger partial charge is 0.495 e. The van der Waals surface area contributed by atoms with Crippen LogP contribution in [0.4, 0.5) is 11.5 Å². The fourth-order valence-electron chi connectivity index (χ4n) is 2.51. The Hall–Kier alpha value is -3.06. The average Bonchev–Trinajstić information content (AvgIpc) is 2.98. The summed E-state index contributed by atoms with van der Waals surface area (Å²) in [7, 11) is 1.51. The highest BCUT2D eigenvalue weighted by atomic mass is 35.5. The summed E-state index contributed by atoms with van der Waals surface area (Å²) in [5, 5.41) is 11.1. The van der Waals surface area contributed by atoms with E-state index in [1.54, 1.807) is 18.2 Å². The molecule has 1 amide bonds. The number of nitrogens with zero attached hydrogens (tertiary/aromatic N) is 3. The Bertz CT molecular complexity index is 955. The number of amides is 1. The molecule has 0 aliphatic heterocycles. The molecule has 0 aliphatic carbocycles. The van der Waals surface area contributed by atoms with Gasteiger partial charge in [-0.1, -0.05) is 41.1 Å². The Kier molecular flexibility index (Phi) is 5.09. The molecular weight excluding hydrogens is 354 g/mol. The lowest BCUT2D eigenvalue weighted by molar-refractivity contribution is 0.102. The summed E-state index contributed by atoms with van der Waals surface area (Å²) in [6.07, 6.45) is 0. The molecule has 134 valence electrons. The molecule has 0 unspecified atom stereocenters. The van der Waals surface area contributed by atoms with Gasteiger partial charge in [-0.25, -0.2) is 4.68 Å². The van der Waals surface area contributed by atoms with Crippen molar-refractivity contribution in [3.05, 3.63) is 64.3 Å². The van der Waals surface area contributed by atoms with Crippen LogP contribution < -0.4 is 15.8 Å². The van der Waals surface area contributed by atoms with Crippen LogP contribution in [0.2, 0.25) is 5.02 Å². The second-order valence-electron chi connectivity index (χ2n) is 5.71. The first-order chi connectivity index (χ1) is 12.5. The van der Waals surface area contributed by atoms with Crippen LogP contribution in [-0.2, 0) is 6.54 Å².